The van der Waals surface area contributed by atoms with Crippen molar-refractivity contribution in [3.63, 3.8) is 0 Å². The minimum atomic E-state index is -4.65. The highest BCUT2D eigenvalue weighted by Gasteiger charge is 2.22. The summed E-state index contributed by atoms with van der Waals surface area (Å²) < 4.78 is 34.5. The van der Waals surface area contributed by atoms with E-state index in [0.717, 1.165) is 70.6 Å². The van der Waals surface area contributed by atoms with Crippen molar-refractivity contribution in [2.45, 2.75) is 444 Å². The standard InChI is InChI=1S/C90H168NO8P/c1-6-8-10-12-14-16-18-20-22-24-26-28-30-32-34-36-38-40-42-43-44-45-46-47-49-50-52-54-56-58-60-62-64-66-68-70-72-74-76-78-80-82-89(92)96-86-88(87-98-100(94,95)97-85-84-91(3,4)5)99-90(93)83-81-79-77-75-73-71-69-67-65-63-61-59-57-55-53-51-48-41-39-37-35-33-31-29-27-25-23-21-19-17-15-13-11-9-7-2/h9,11,15,17,21,23-24,26-27,29,33,35,88H,6-8,10,12-14,16,18-20,22,25,28,30-32,34,36-87H2,1-5H3/b11-9-,17-15-,23-21-,26-24-,29-27-,35-33-. The second-order valence-corrected chi connectivity index (χ2v) is 32.3. The van der Waals surface area contributed by atoms with Gasteiger partial charge in [-0.2, -0.15) is 0 Å². The third kappa shape index (κ3) is 84.4. The zero-order valence-corrected chi connectivity index (χ0v) is 68.1. The van der Waals surface area contributed by atoms with Gasteiger partial charge in [-0.05, 0) is 83.5 Å². The Morgan fingerprint density at radius 2 is 0.570 bits per heavy atom. The number of hydrogen-bond donors (Lipinski definition) is 0. The van der Waals surface area contributed by atoms with Crippen LogP contribution in [0.5, 0.6) is 0 Å². The molecule has 0 heterocycles. The number of carbonyl (C=O) groups excluding carboxylic acids is 2. The molecule has 2 atom stereocenters. The van der Waals surface area contributed by atoms with Gasteiger partial charge in [0.05, 0.1) is 27.7 Å². The lowest BCUT2D eigenvalue weighted by Gasteiger charge is -2.28. The van der Waals surface area contributed by atoms with Gasteiger partial charge in [0.25, 0.3) is 7.82 Å². The molecular formula is C90H168NO8P. The van der Waals surface area contributed by atoms with Crippen LogP contribution in [-0.4, -0.2) is 70.0 Å². The first-order valence-corrected chi connectivity index (χ1v) is 45.1. The van der Waals surface area contributed by atoms with Crippen LogP contribution in [-0.2, 0) is 32.7 Å². The molecule has 0 radical (unpaired) electrons. The zero-order valence-electron chi connectivity index (χ0n) is 67.2. The van der Waals surface area contributed by atoms with Crippen molar-refractivity contribution >= 4 is 19.8 Å². The van der Waals surface area contributed by atoms with Crippen LogP contribution in [0.2, 0.25) is 0 Å². The molecule has 0 rings (SSSR count). The van der Waals surface area contributed by atoms with Gasteiger partial charge in [0, 0.05) is 12.8 Å². The number of phosphoric ester groups is 1. The molecular weight excluding hydrogens is 1250 g/mol. The van der Waals surface area contributed by atoms with E-state index in [1.807, 2.05) is 21.1 Å². The third-order valence-electron chi connectivity index (χ3n) is 19.7. The van der Waals surface area contributed by atoms with Crippen LogP contribution >= 0.6 is 7.82 Å². The summed E-state index contributed by atoms with van der Waals surface area (Å²) in [5.74, 6) is -0.810. The van der Waals surface area contributed by atoms with Crippen LogP contribution in [0.4, 0.5) is 0 Å². The summed E-state index contributed by atoms with van der Waals surface area (Å²) in [5.41, 5.74) is 0. The predicted molar refractivity (Wildman–Crippen MR) is 434 cm³/mol. The van der Waals surface area contributed by atoms with E-state index < -0.39 is 26.5 Å². The van der Waals surface area contributed by atoms with Crippen molar-refractivity contribution in [3.8, 4) is 0 Å². The lowest BCUT2D eigenvalue weighted by molar-refractivity contribution is -0.870. The summed E-state index contributed by atoms with van der Waals surface area (Å²) in [6, 6.07) is 0. The van der Waals surface area contributed by atoms with Crippen LogP contribution in [0.15, 0.2) is 72.9 Å². The summed E-state index contributed by atoms with van der Waals surface area (Å²) in [6.07, 6.45) is 111. The molecule has 0 aliphatic heterocycles. The van der Waals surface area contributed by atoms with E-state index >= 15 is 0 Å². The maximum absolute atomic E-state index is 12.9. The van der Waals surface area contributed by atoms with Crippen molar-refractivity contribution < 1.29 is 42.1 Å². The largest absolute Gasteiger partial charge is 0.756 e. The Labute approximate surface area is 622 Å². The van der Waals surface area contributed by atoms with Gasteiger partial charge in [0.2, 0.25) is 0 Å². The Balaban J connectivity index is 3.86. The molecule has 2 unspecified atom stereocenters. The SMILES string of the molecule is CC/C=C\C/C=C\C/C=C\C/C=C\C/C=C\CCCCCCCCCCCCCCCCCCCCCC(=O)OC(COC(=O)CCCCCCCCCCCCCCCCCCCCCCCCCCCCCCC/C=C\CCCCCCCCCC)COP(=O)([O-])OCC[N+](C)(C)C. The highest BCUT2D eigenvalue weighted by atomic mass is 31.2. The summed E-state index contributed by atoms with van der Waals surface area (Å²) >= 11 is 0. The average molecular weight is 1420 g/mol. The van der Waals surface area contributed by atoms with Crippen LogP contribution in [0.3, 0.4) is 0 Å². The van der Waals surface area contributed by atoms with Crippen molar-refractivity contribution in [2.24, 2.45) is 0 Å². The number of ether oxygens (including phenoxy) is 2. The first kappa shape index (κ1) is 97.4. The number of esters is 2. The van der Waals surface area contributed by atoms with Gasteiger partial charge < -0.3 is 27.9 Å². The van der Waals surface area contributed by atoms with E-state index in [2.05, 4.69) is 86.8 Å². The number of carbonyl (C=O) groups is 2. The van der Waals surface area contributed by atoms with Crippen molar-refractivity contribution in [1.29, 1.82) is 0 Å². The minimum Gasteiger partial charge on any atom is -0.756 e. The molecule has 0 aliphatic carbocycles. The highest BCUT2D eigenvalue weighted by molar-refractivity contribution is 7.45. The first-order chi connectivity index (χ1) is 49.0. The number of unbranched alkanes of at least 4 members (excludes halogenated alkanes) is 56. The lowest BCUT2D eigenvalue weighted by atomic mass is 10.0. The summed E-state index contributed by atoms with van der Waals surface area (Å²) in [5, 5.41) is 0. The maximum atomic E-state index is 12.9. The fourth-order valence-electron chi connectivity index (χ4n) is 13.1. The van der Waals surface area contributed by atoms with Crippen LogP contribution < -0.4 is 4.89 Å². The number of nitrogens with zero attached hydrogens (tertiary/aromatic N) is 1. The molecule has 0 aromatic carbocycles. The van der Waals surface area contributed by atoms with Gasteiger partial charge in [-0.1, -0.05) is 414 Å². The molecule has 0 saturated carbocycles. The number of quaternary nitrogens is 1. The van der Waals surface area contributed by atoms with Crippen LogP contribution in [0, 0.1) is 0 Å². The molecule has 0 saturated heterocycles. The Morgan fingerprint density at radius 3 is 0.860 bits per heavy atom. The van der Waals surface area contributed by atoms with Gasteiger partial charge >= 0.3 is 11.9 Å². The summed E-state index contributed by atoms with van der Waals surface area (Å²) in [6.45, 7) is 4.20. The van der Waals surface area contributed by atoms with Crippen LogP contribution in [0.25, 0.3) is 0 Å². The number of hydrogen-bond acceptors (Lipinski definition) is 8. The Morgan fingerprint density at radius 1 is 0.320 bits per heavy atom. The monoisotopic (exact) mass is 1420 g/mol. The number of allylic oxidation sites excluding steroid dienone is 12. The molecule has 0 bridgehead atoms. The van der Waals surface area contributed by atoms with Crippen molar-refractivity contribution in [2.75, 3.05) is 47.5 Å². The first-order valence-electron chi connectivity index (χ1n) is 43.6. The van der Waals surface area contributed by atoms with Gasteiger partial charge in [-0.3, -0.25) is 14.2 Å². The molecule has 100 heavy (non-hydrogen) atoms. The molecule has 0 aromatic heterocycles. The molecule has 10 heteroatoms. The molecule has 0 amide bonds. The zero-order chi connectivity index (χ0) is 72.5. The van der Waals surface area contributed by atoms with E-state index in [1.54, 1.807) is 0 Å². The van der Waals surface area contributed by atoms with Crippen LogP contribution in [0.1, 0.15) is 438 Å². The van der Waals surface area contributed by atoms with Gasteiger partial charge in [0.15, 0.2) is 6.10 Å². The molecule has 9 nitrogen and oxygen atoms in total. The predicted octanol–water partition coefficient (Wildman–Crippen LogP) is 28.8. The second kappa shape index (κ2) is 80.5. The fourth-order valence-corrected chi connectivity index (χ4v) is 13.8. The fraction of sp³-hybridized carbons (Fsp3) is 0.844. The minimum absolute atomic E-state index is 0.0290. The Bertz CT molecular complexity index is 1920. The number of rotatable bonds is 82. The number of phosphoric acid groups is 1. The smallest absolute Gasteiger partial charge is 0.306 e. The summed E-state index contributed by atoms with van der Waals surface area (Å²) in [4.78, 5) is 38.2. The van der Waals surface area contributed by atoms with Gasteiger partial charge in [-0.25, -0.2) is 0 Å². The van der Waals surface area contributed by atoms with Crippen molar-refractivity contribution in [1.82, 2.24) is 0 Å². The summed E-state index contributed by atoms with van der Waals surface area (Å²) in [7, 11) is 1.19. The maximum Gasteiger partial charge on any atom is 0.306 e. The normalized spacial score (nSPS) is 13.3. The second-order valence-electron chi connectivity index (χ2n) is 30.9. The van der Waals surface area contributed by atoms with Gasteiger partial charge in [-0.15, -0.1) is 0 Å². The Hall–Kier alpha value is -2.55. The molecule has 586 valence electrons. The van der Waals surface area contributed by atoms with E-state index in [9.17, 15) is 19.0 Å². The van der Waals surface area contributed by atoms with E-state index in [-0.39, 0.29) is 32.0 Å². The molecule has 0 spiro atoms. The molecule has 0 fully saturated rings. The lowest BCUT2D eigenvalue weighted by Crippen LogP contribution is -2.37. The van der Waals surface area contributed by atoms with Crippen molar-refractivity contribution in [3.05, 3.63) is 72.9 Å². The van der Waals surface area contributed by atoms with E-state index in [4.69, 9.17) is 18.5 Å². The van der Waals surface area contributed by atoms with Gasteiger partial charge in [0.1, 0.15) is 19.8 Å². The third-order valence-corrected chi connectivity index (χ3v) is 20.7. The molecule has 0 aliphatic rings. The quantitative estimate of drug-likeness (QED) is 0.0195. The molecule has 0 aromatic rings. The number of likely N-dealkylation sites (N-methyl/N-ethyl adjacent to an activating group) is 1. The average Bonchev–Trinajstić information content (AvgIpc) is 1.65. The Kier molecular flexibility index (Phi) is 78.5. The topological polar surface area (TPSA) is 111 Å². The highest BCUT2D eigenvalue weighted by Crippen LogP contribution is 2.38. The van der Waals surface area contributed by atoms with E-state index in [1.165, 1.54) is 334 Å². The molecule has 0 N–H and O–H groups in total. The van der Waals surface area contributed by atoms with E-state index in [0.29, 0.717) is 17.4 Å².